The topological polar surface area (TPSA) is 35.5 Å². The summed E-state index contributed by atoms with van der Waals surface area (Å²) in [5.74, 6) is 0. The Labute approximate surface area is 144 Å². The van der Waals surface area contributed by atoms with Crippen molar-refractivity contribution in [3.8, 4) is 0 Å². The Morgan fingerprint density at radius 3 is 2.18 bits per heavy atom. The first kappa shape index (κ1) is 21.9. The minimum Gasteiger partial charge on any atom is -0.305 e. The summed E-state index contributed by atoms with van der Waals surface area (Å²) in [7, 11) is -3.22. The standard InChI is InChI=1S/C17H30BrO3P/c1-7-17(6,13-10-11-15(4)5)14-12-16(18)22(19,20-8-2)21-9-3/h7,11-12H,1,8-10,13-14H2,2-6H3/b16-12-. The van der Waals surface area contributed by atoms with Gasteiger partial charge in [-0.25, -0.2) is 0 Å². The second kappa shape index (κ2) is 10.6. The highest BCUT2D eigenvalue weighted by molar-refractivity contribution is 9.13. The third-order valence-electron chi connectivity index (χ3n) is 3.36. The minimum atomic E-state index is -3.22. The van der Waals surface area contributed by atoms with Gasteiger partial charge >= 0.3 is 7.60 Å². The lowest BCUT2D eigenvalue weighted by Gasteiger charge is -2.24. The molecule has 0 saturated carbocycles. The SMILES string of the molecule is C=CC(C)(C/C=C(/Br)P(=O)(OCC)OCC)CCC=C(C)C. The molecule has 1 unspecified atom stereocenters. The van der Waals surface area contributed by atoms with E-state index < -0.39 is 7.60 Å². The van der Waals surface area contributed by atoms with Gasteiger partial charge in [-0.1, -0.05) is 30.7 Å². The van der Waals surface area contributed by atoms with Crippen LogP contribution in [0.25, 0.3) is 0 Å². The molecule has 0 aromatic heterocycles. The molecule has 0 N–H and O–H groups in total. The van der Waals surface area contributed by atoms with Gasteiger partial charge in [0, 0.05) is 0 Å². The Balaban J connectivity index is 4.97. The second-order valence-corrected chi connectivity index (χ2v) is 9.20. The first-order chi connectivity index (χ1) is 10.2. The molecule has 0 saturated heterocycles. The lowest BCUT2D eigenvalue weighted by molar-refractivity contribution is 0.228. The first-order valence-electron chi connectivity index (χ1n) is 7.75. The molecule has 0 aliphatic heterocycles. The molecule has 0 heterocycles. The highest BCUT2D eigenvalue weighted by atomic mass is 79.9. The summed E-state index contributed by atoms with van der Waals surface area (Å²) in [4.78, 5) is 0. The lowest BCUT2D eigenvalue weighted by atomic mass is 9.82. The van der Waals surface area contributed by atoms with E-state index in [1.54, 1.807) is 13.8 Å². The number of hydrogen-bond acceptors (Lipinski definition) is 3. The van der Waals surface area contributed by atoms with Crippen molar-refractivity contribution >= 4 is 23.5 Å². The normalized spacial score (nSPS) is 15.3. The fourth-order valence-corrected chi connectivity index (χ4v) is 4.00. The molecule has 0 spiro atoms. The Kier molecular flexibility index (Phi) is 10.5. The zero-order valence-corrected chi connectivity index (χ0v) is 17.0. The van der Waals surface area contributed by atoms with Crippen LogP contribution in [0, 0.1) is 5.41 Å². The van der Waals surface area contributed by atoms with Crippen LogP contribution in [0.2, 0.25) is 0 Å². The number of rotatable bonds is 11. The average molecular weight is 393 g/mol. The van der Waals surface area contributed by atoms with E-state index in [2.05, 4.69) is 49.4 Å². The maximum Gasteiger partial charge on any atom is 0.367 e. The van der Waals surface area contributed by atoms with Gasteiger partial charge in [0.15, 0.2) is 0 Å². The van der Waals surface area contributed by atoms with Crippen molar-refractivity contribution in [1.82, 2.24) is 0 Å². The Morgan fingerprint density at radius 1 is 1.23 bits per heavy atom. The molecular formula is C17H30BrO3P. The molecule has 3 nitrogen and oxygen atoms in total. The molecule has 0 aliphatic rings. The fourth-order valence-electron chi connectivity index (χ4n) is 1.91. The van der Waals surface area contributed by atoms with Crippen molar-refractivity contribution in [2.45, 2.75) is 53.9 Å². The van der Waals surface area contributed by atoms with E-state index >= 15 is 0 Å². The minimum absolute atomic E-state index is 0.0474. The van der Waals surface area contributed by atoms with E-state index in [4.69, 9.17) is 9.05 Å². The second-order valence-electron chi connectivity index (χ2n) is 5.74. The largest absolute Gasteiger partial charge is 0.367 e. The first-order valence-corrected chi connectivity index (χ1v) is 10.1. The molecular weight excluding hydrogens is 363 g/mol. The van der Waals surface area contributed by atoms with E-state index in [-0.39, 0.29) is 5.41 Å². The van der Waals surface area contributed by atoms with Crippen LogP contribution in [0.3, 0.4) is 0 Å². The van der Waals surface area contributed by atoms with Crippen LogP contribution >= 0.6 is 23.5 Å². The van der Waals surface area contributed by atoms with Crippen LogP contribution in [-0.4, -0.2) is 13.2 Å². The molecule has 0 aliphatic carbocycles. The lowest BCUT2D eigenvalue weighted by Crippen LogP contribution is -2.11. The summed E-state index contributed by atoms with van der Waals surface area (Å²) in [6, 6.07) is 0. The van der Waals surface area contributed by atoms with Gasteiger partial charge < -0.3 is 9.05 Å². The summed E-state index contributed by atoms with van der Waals surface area (Å²) in [6.45, 7) is 14.6. The van der Waals surface area contributed by atoms with Gasteiger partial charge in [-0.2, -0.15) is 0 Å². The fraction of sp³-hybridized carbons (Fsp3) is 0.647. The molecule has 0 aromatic rings. The van der Waals surface area contributed by atoms with Gasteiger partial charge in [0.1, 0.15) is 4.22 Å². The van der Waals surface area contributed by atoms with E-state index in [1.165, 1.54) is 5.57 Å². The van der Waals surface area contributed by atoms with Crippen LogP contribution in [0.15, 0.2) is 34.6 Å². The van der Waals surface area contributed by atoms with E-state index in [9.17, 15) is 4.57 Å². The van der Waals surface area contributed by atoms with Gasteiger partial charge in [-0.05, 0) is 68.3 Å². The van der Waals surface area contributed by atoms with Crippen molar-refractivity contribution in [2.24, 2.45) is 5.41 Å². The van der Waals surface area contributed by atoms with Crippen molar-refractivity contribution < 1.29 is 13.6 Å². The molecule has 0 fully saturated rings. The predicted octanol–water partition coefficient (Wildman–Crippen LogP) is 6.82. The molecule has 22 heavy (non-hydrogen) atoms. The smallest absolute Gasteiger partial charge is 0.305 e. The van der Waals surface area contributed by atoms with Gasteiger partial charge in [0.2, 0.25) is 0 Å². The van der Waals surface area contributed by atoms with Crippen molar-refractivity contribution in [1.29, 1.82) is 0 Å². The summed E-state index contributed by atoms with van der Waals surface area (Å²) in [6.07, 6.45) is 8.83. The molecule has 0 radical (unpaired) electrons. The van der Waals surface area contributed by atoms with Crippen LogP contribution in [0.5, 0.6) is 0 Å². The highest BCUT2D eigenvalue weighted by Gasteiger charge is 2.28. The number of allylic oxidation sites excluding steroid dienone is 4. The van der Waals surface area contributed by atoms with Crippen molar-refractivity contribution in [3.63, 3.8) is 0 Å². The van der Waals surface area contributed by atoms with E-state index in [1.807, 2.05) is 12.2 Å². The van der Waals surface area contributed by atoms with Crippen LogP contribution in [-0.2, 0) is 13.6 Å². The quantitative estimate of drug-likeness (QED) is 0.285. The van der Waals surface area contributed by atoms with Crippen LogP contribution in [0.4, 0.5) is 0 Å². The molecule has 0 amide bonds. The monoisotopic (exact) mass is 392 g/mol. The van der Waals surface area contributed by atoms with E-state index in [0.717, 1.165) is 19.3 Å². The summed E-state index contributed by atoms with van der Waals surface area (Å²) >= 11 is 3.38. The summed E-state index contributed by atoms with van der Waals surface area (Å²) < 4.78 is 23.8. The summed E-state index contributed by atoms with van der Waals surface area (Å²) in [5, 5.41) is 0. The zero-order valence-electron chi connectivity index (χ0n) is 14.5. The van der Waals surface area contributed by atoms with Gasteiger partial charge in [0.25, 0.3) is 0 Å². The Hall–Kier alpha value is -0.150. The third kappa shape index (κ3) is 7.92. The summed E-state index contributed by atoms with van der Waals surface area (Å²) in [5.41, 5.74) is 1.27. The van der Waals surface area contributed by atoms with Gasteiger partial charge in [-0.3, -0.25) is 4.57 Å². The van der Waals surface area contributed by atoms with Crippen molar-refractivity contribution in [3.05, 3.63) is 34.6 Å². The molecule has 5 heteroatoms. The van der Waals surface area contributed by atoms with Crippen LogP contribution < -0.4 is 0 Å². The molecule has 0 rings (SSSR count). The maximum absolute atomic E-state index is 12.6. The Bertz CT molecular complexity index is 443. The molecule has 1 atom stereocenters. The molecule has 128 valence electrons. The highest BCUT2D eigenvalue weighted by Crippen LogP contribution is 2.59. The Morgan fingerprint density at radius 2 is 1.77 bits per heavy atom. The van der Waals surface area contributed by atoms with Gasteiger partial charge in [-0.15, -0.1) is 6.58 Å². The number of halogens is 1. The van der Waals surface area contributed by atoms with Crippen molar-refractivity contribution in [2.75, 3.05) is 13.2 Å². The number of hydrogen-bond donors (Lipinski definition) is 0. The van der Waals surface area contributed by atoms with Gasteiger partial charge in [0.05, 0.1) is 13.2 Å². The average Bonchev–Trinajstić information content (AvgIpc) is 2.45. The van der Waals surface area contributed by atoms with E-state index in [0.29, 0.717) is 17.4 Å². The predicted molar refractivity (Wildman–Crippen MR) is 99.5 cm³/mol. The third-order valence-corrected chi connectivity index (χ3v) is 6.89. The molecule has 0 aromatic carbocycles. The zero-order chi connectivity index (χ0) is 17.2. The van der Waals surface area contributed by atoms with Crippen LogP contribution in [0.1, 0.15) is 53.9 Å². The maximum atomic E-state index is 12.6. The molecule has 0 bridgehead atoms.